The van der Waals surface area contributed by atoms with Crippen molar-refractivity contribution in [2.75, 3.05) is 5.32 Å². The number of ether oxygens (including phenoxy) is 1. The fourth-order valence-corrected chi connectivity index (χ4v) is 2.67. The van der Waals surface area contributed by atoms with Gasteiger partial charge in [-0.1, -0.05) is 35.0 Å². The van der Waals surface area contributed by atoms with Gasteiger partial charge in [0.05, 0.1) is 0 Å². The molecule has 3 aromatic rings. The highest BCUT2D eigenvalue weighted by atomic mass is 16.5. The van der Waals surface area contributed by atoms with Crippen LogP contribution < -0.4 is 10.1 Å². The van der Waals surface area contributed by atoms with Crippen LogP contribution in [0, 0.1) is 32.1 Å². The predicted molar refractivity (Wildman–Crippen MR) is 108 cm³/mol. The van der Waals surface area contributed by atoms with E-state index in [9.17, 15) is 10.1 Å². The normalized spacial score (nSPS) is 11.0. The van der Waals surface area contributed by atoms with E-state index >= 15 is 0 Å². The van der Waals surface area contributed by atoms with Crippen LogP contribution in [0.25, 0.3) is 6.08 Å². The molecule has 0 saturated carbocycles. The minimum Gasteiger partial charge on any atom is -0.485 e. The minimum atomic E-state index is -0.452. The Morgan fingerprint density at radius 3 is 2.59 bits per heavy atom. The smallest absolute Gasteiger partial charge is 0.266 e. The van der Waals surface area contributed by atoms with Gasteiger partial charge in [-0.25, -0.2) is 0 Å². The van der Waals surface area contributed by atoms with Crippen LogP contribution in [0.5, 0.6) is 5.75 Å². The maximum Gasteiger partial charge on any atom is 0.266 e. The van der Waals surface area contributed by atoms with Crippen molar-refractivity contribution in [2.45, 2.75) is 27.4 Å². The number of benzene rings is 2. The summed E-state index contributed by atoms with van der Waals surface area (Å²) < 4.78 is 10.5. The summed E-state index contributed by atoms with van der Waals surface area (Å²) in [6.45, 7) is 5.79. The van der Waals surface area contributed by atoms with Crippen LogP contribution >= 0.6 is 0 Å². The van der Waals surface area contributed by atoms with Gasteiger partial charge >= 0.3 is 0 Å². The third-order valence-electron chi connectivity index (χ3n) is 4.12. The molecule has 3 rings (SSSR count). The number of carbonyl (C=O) groups is 1. The predicted octanol–water partition coefficient (Wildman–Crippen LogP) is 4.12. The van der Waals surface area contributed by atoms with Gasteiger partial charge in [0.15, 0.2) is 6.61 Å². The number of anilines is 1. The Morgan fingerprint density at radius 2 is 1.97 bits per heavy atom. The van der Waals surface area contributed by atoms with Crippen LogP contribution in [-0.2, 0) is 11.4 Å². The van der Waals surface area contributed by atoms with E-state index in [0.29, 0.717) is 28.7 Å². The lowest BCUT2D eigenvalue weighted by Crippen LogP contribution is -2.14. The summed E-state index contributed by atoms with van der Waals surface area (Å²) in [6, 6.07) is 14.7. The standard InChI is InChI=1S/C22H20N4O3/c1-14-4-9-20(15(2)10-14)25-22(27)18(12-23)11-17-5-7-19(8-6-17)28-13-21-24-16(3)29-26-21/h4-11H,13H2,1-3H3,(H,25,27)/b18-11-. The second-order valence-electron chi connectivity index (χ2n) is 6.53. The third kappa shape index (κ3) is 5.30. The number of hydrogen-bond acceptors (Lipinski definition) is 6. The van der Waals surface area contributed by atoms with Gasteiger partial charge in [-0.2, -0.15) is 10.2 Å². The quantitative estimate of drug-likeness (QED) is 0.503. The van der Waals surface area contributed by atoms with Crippen LogP contribution in [0.2, 0.25) is 0 Å². The summed E-state index contributed by atoms with van der Waals surface area (Å²) in [5, 5.41) is 15.9. The lowest BCUT2D eigenvalue weighted by Gasteiger charge is -2.08. The number of rotatable bonds is 6. The van der Waals surface area contributed by atoms with Crippen LogP contribution in [-0.4, -0.2) is 16.0 Å². The molecule has 1 amide bonds. The Morgan fingerprint density at radius 1 is 1.21 bits per heavy atom. The molecule has 0 unspecified atom stereocenters. The van der Waals surface area contributed by atoms with Crippen molar-refractivity contribution in [1.29, 1.82) is 5.26 Å². The minimum absolute atomic E-state index is 0.0147. The number of aromatic nitrogens is 2. The van der Waals surface area contributed by atoms with Gasteiger partial charge in [-0.15, -0.1) is 0 Å². The van der Waals surface area contributed by atoms with E-state index in [1.54, 1.807) is 31.2 Å². The van der Waals surface area contributed by atoms with Crippen LogP contribution in [0.4, 0.5) is 5.69 Å². The molecule has 146 valence electrons. The monoisotopic (exact) mass is 388 g/mol. The molecular formula is C22H20N4O3. The maximum atomic E-state index is 12.5. The van der Waals surface area contributed by atoms with E-state index < -0.39 is 5.91 Å². The van der Waals surface area contributed by atoms with Crippen molar-refractivity contribution in [1.82, 2.24) is 10.1 Å². The van der Waals surface area contributed by atoms with Crippen molar-refractivity contribution in [3.63, 3.8) is 0 Å². The number of amides is 1. The van der Waals surface area contributed by atoms with Gasteiger partial charge in [0.25, 0.3) is 5.91 Å². The molecule has 0 atom stereocenters. The number of hydrogen-bond donors (Lipinski definition) is 1. The first-order chi connectivity index (χ1) is 13.9. The van der Waals surface area contributed by atoms with Gasteiger partial charge in [0, 0.05) is 12.6 Å². The first-order valence-electron chi connectivity index (χ1n) is 8.97. The van der Waals surface area contributed by atoms with E-state index in [2.05, 4.69) is 15.5 Å². The van der Waals surface area contributed by atoms with Gasteiger partial charge in [-0.3, -0.25) is 4.79 Å². The summed E-state index contributed by atoms with van der Waals surface area (Å²) in [7, 11) is 0. The Kier molecular flexibility index (Phi) is 6.05. The third-order valence-corrected chi connectivity index (χ3v) is 4.12. The zero-order chi connectivity index (χ0) is 20.8. The summed E-state index contributed by atoms with van der Waals surface area (Å²) >= 11 is 0. The molecule has 0 saturated heterocycles. The molecule has 29 heavy (non-hydrogen) atoms. The molecule has 7 heteroatoms. The Hall–Kier alpha value is -3.92. The molecule has 0 radical (unpaired) electrons. The summed E-state index contributed by atoms with van der Waals surface area (Å²) in [6.07, 6.45) is 1.53. The molecule has 1 N–H and O–H groups in total. The number of carbonyl (C=O) groups excluding carboxylic acids is 1. The fourth-order valence-electron chi connectivity index (χ4n) is 2.67. The van der Waals surface area contributed by atoms with E-state index in [4.69, 9.17) is 9.26 Å². The molecule has 2 aromatic carbocycles. The number of nitrogens with zero attached hydrogens (tertiary/aromatic N) is 3. The zero-order valence-corrected chi connectivity index (χ0v) is 16.4. The Labute approximate surface area is 168 Å². The second kappa shape index (κ2) is 8.85. The summed E-state index contributed by atoms with van der Waals surface area (Å²) in [5.41, 5.74) is 3.45. The maximum absolute atomic E-state index is 12.5. The lowest BCUT2D eigenvalue weighted by atomic mass is 10.1. The first kappa shape index (κ1) is 19.8. The van der Waals surface area contributed by atoms with Crippen LogP contribution in [0.3, 0.4) is 0 Å². The van der Waals surface area contributed by atoms with Crippen molar-refractivity contribution in [3.8, 4) is 11.8 Å². The van der Waals surface area contributed by atoms with Crippen LogP contribution in [0.15, 0.2) is 52.6 Å². The van der Waals surface area contributed by atoms with E-state index in [1.165, 1.54) is 6.08 Å². The molecule has 0 spiro atoms. The Bertz CT molecular complexity index is 1090. The average molecular weight is 388 g/mol. The fraction of sp³-hybridized carbons (Fsp3) is 0.182. The highest BCUT2D eigenvalue weighted by molar-refractivity contribution is 6.09. The van der Waals surface area contributed by atoms with Gasteiger partial charge in [0.1, 0.15) is 17.4 Å². The Balaban J connectivity index is 1.66. The highest BCUT2D eigenvalue weighted by Crippen LogP contribution is 2.19. The molecule has 1 heterocycles. The zero-order valence-electron chi connectivity index (χ0n) is 16.4. The molecule has 0 aliphatic rings. The molecule has 0 aliphatic carbocycles. The van der Waals surface area contributed by atoms with Crippen molar-refractivity contribution < 1.29 is 14.1 Å². The van der Waals surface area contributed by atoms with Gasteiger partial charge in [-0.05, 0) is 49.2 Å². The number of nitriles is 1. The van der Waals surface area contributed by atoms with Gasteiger partial charge in [0.2, 0.25) is 11.7 Å². The molecule has 0 aliphatic heterocycles. The summed E-state index contributed by atoms with van der Waals surface area (Å²) in [4.78, 5) is 16.5. The molecular weight excluding hydrogens is 368 g/mol. The second-order valence-corrected chi connectivity index (χ2v) is 6.53. The van der Waals surface area contributed by atoms with Gasteiger partial charge < -0.3 is 14.6 Å². The number of nitrogens with one attached hydrogen (secondary N) is 1. The van der Waals surface area contributed by atoms with E-state index in [-0.39, 0.29) is 12.2 Å². The van der Waals surface area contributed by atoms with Crippen molar-refractivity contribution in [2.24, 2.45) is 0 Å². The van der Waals surface area contributed by atoms with Crippen molar-refractivity contribution >= 4 is 17.7 Å². The topological polar surface area (TPSA) is 101 Å². The van der Waals surface area contributed by atoms with Crippen LogP contribution in [0.1, 0.15) is 28.4 Å². The van der Waals surface area contributed by atoms with E-state index in [1.807, 2.05) is 38.1 Å². The molecule has 1 aromatic heterocycles. The lowest BCUT2D eigenvalue weighted by molar-refractivity contribution is -0.112. The molecule has 0 bridgehead atoms. The first-order valence-corrected chi connectivity index (χ1v) is 8.97. The number of aryl methyl sites for hydroxylation is 3. The average Bonchev–Trinajstić information content (AvgIpc) is 3.12. The largest absolute Gasteiger partial charge is 0.485 e. The van der Waals surface area contributed by atoms with Crippen molar-refractivity contribution in [3.05, 3.63) is 76.4 Å². The highest BCUT2D eigenvalue weighted by Gasteiger charge is 2.11. The summed E-state index contributed by atoms with van der Waals surface area (Å²) in [5.74, 6) is 1.10. The molecule has 0 fully saturated rings. The molecule has 7 nitrogen and oxygen atoms in total. The van der Waals surface area contributed by atoms with E-state index in [0.717, 1.165) is 11.1 Å². The SMILES string of the molecule is Cc1ccc(NC(=O)/C(C#N)=C\c2ccc(OCc3noc(C)n3)cc2)c(C)c1.